The van der Waals surface area contributed by atoms with Crippen LogP contribution in [-0.2, 0) is 10.0 Å². The number of hydrogen-bond donors (Lipinski definition) is 1. The third-order valence-electron chi connectivity index (χ3n) is 4.47. The summed E-state index contributed by atoms with van der Waals surface area (Å²) >= 11 is 0. The van der Waals surface area contributed by atoms with Crippen molar-refractivity contribution in [2.75, 3.05) is 17.8 Å². The summed E-state index contributed by atoms with van der Waals surface area (Å²) in [5.41, 5.74) is 1.23. The molecule has 1 amide bonds. The minimum atomic E-state index is -3.58. The van der Waals surface area contributed by atoms with Crippen molar-refractivity contribution >= 4 is 21.6 Å². The smallest absolute Gasteiger partial charge is 0.292 e. The van der Waals surface area contributed by atoms with Crippen LogP contribution in [0.5, 0.6) is 0 Å². The molecule has 2 aromatic rings. The van der Waals surface area contributed by atoms with Crippen LogP contribution in [0.25, 0.3) is 0 Å². The monoisotopic (exact) mass is 377 g/mol. The summed E-state index contributed by atoms with van der Waals surface area (Å²) in [6.07, 6.45) is 1.14. The van der Waals surface area contributed by atoms with Crippen molar-refractivity contribution in [2.24, 2.45) is 0 Å². The van der Waals surface area contributed by atoms with Crippen LogP contribution in [0, 0.1) is 0 Å². The lowest BCUT2D eigenvalue weighted by Crippen LogP contribution is -2.46. The van der Waals surface area contributed by atoms with E-state index < -0.39 is 15.3 Å². The van der Waals surface area contributed by atoms with Crippen molar-refractivity contribution in [1.82, 2.24) is 10.1 Å². The molecule has 0 saturated carbocycles. The lowest BCUT2D eigenvalue weighted by molar-refractivity contribution is 0.0685. The molecule has 1 aromatic carbocycles. The van der Waals surface area contributed by atoms with Crippen LogP contribution < -0.4 is 4.72 Å². The van der Waals surface area contributed by atoms with Crippen LogP contribution in [0.3, 0.4) is 0 Å². The van der Waals surface area contributed by atoms with Gasteiger partial charge in [0.15, 0.2) is 0 Å². The highest BCUT2D eigenvalue weighted by molar-refractivity contribution is 7.93. The zero-order valence-electron chi connectivity index (χ0n) is 14.9. The minimum absolute atomic E-state index is 0.138. The summed E-state index contributed by atoms with van der Waals surface area (Å²) in [5, 5.41) is 3.24. The highest BCUT2D eigenvalue weighted by Crippen LogP contribution is 2.22. The van der Waals surface area contributed by atoms with E-state index in [9.17, 15) is 13.2 Å². The number of sulfonamides is 1. The molecule has 0 unspecified atom stereocenters. The SMILES string of the molecule is CC(C)c1cc(C(=O)N2CCC[C@@H](S(=O)(=O)Nc3ccccc3)C2)on1. The van der Waals surface area contributed by atoms with Gasteiger partial charge in [0.1, 0.15) is 0 Å². The predicted octanol–water partition coefficient (Wildman–Crippen LogP) is 2.84. The molecule has 2 heterocycles. The molecule has 3 rings (SSSR count). The first-order chi connectivity index (χ1) is 12.4. The molecule has 1 aliphatic heterocycles. The van der Waals surface area contributed by atoms with E-state index in [-0.39, 0.29) is 24.1 Å². The van der Waals surface area contributed by atoms with Gasteiger partial charge >= 0.3 is 0 Å². The summed E-state index contributed by atoms with van der Waals surface area (Å²) in [4.78, 5) is 14.2. The van der Waals surface area contributed by atoms with Gasteiger partial charge in [0, 0.05) is 24.8 Å². The summed E-state index contributed by atoms with van der Waals surface area (Å²) in [7, 11) is -3.58. The van der Waals surface area contributed by atoms with Gasteiger partial charge in [-0.05, 0) is 30.9 Å². The van der Waals surface area contributed by atoms with Gasteiger partial charge in [-0.2, -0.15) is 0 Å². The number of amides is 1. The number of benzene rings is 1. The molecular formula is C18H23N3O4S. The number of hydrogen-bond acceptors (Lipinski definition) is 5. The molecule has 1 saturated heterocycles. The quantitative estimate of drug-likeness (QED) is 0.865. The molecule has 140 valence electrons. The first-order valence-corrected chi connectivity index (χ1v) is 10.2. The molecule has 8 heteroatoms. The number of likely N-dealkylation sites (tertiary alicyclic amines) is 1. The van der Waals surface area contributed by atoms with Crippen molar-refractivity contribution in [2.45, 2.75) is 37.9 Å². The Hall–Kier alpha value is -2.35. The van der Waals surface area contributed by atoms with E-state index in [2.05, 4.69) is 9.88 Å². The van der Waals surface area contributed by atoms with Gasteiger partial charge in [-0.25, -0.2) is 8.42 Å². The molecule has 1 aromatic heterocycles. The normalized spacial score (nSPS) is 18.1. The number of nitrogens with zero attached hydrogens (tertiary/aromatic N) is 2. The van der Waals surface area contributed by atoms with Gasteiger partial charge in [0.25, 0.3) is 5.91 Å². The van der Waals surface area contributed by atoms with Gasteiger partial charge in [0.2, 0.25) is 15.8 Å². The van der Waals surface area contributed by atoms with Gasteiger partial charge < -0.3 is 9.42 Å². The number of piperidine rings is 1. The summed E-state index contributed by atoms with van der Waals surface area (Å²) in [5.74, 6) is -0.00312. The number of carbonyl (C=O) groups is 1. The maximum absolute atomic E-state index is 12.7. The van der Waals surface area contributed by atoms with Gasteiger partial charge in [-0.3, -0.25) is 9.52 Å². The van der Waals surface area contributed by atoms with E-state index in [0.717, 1.165) is 0 Å². The largest absolute Gasteiger partial charge is 0.351 e. The molecule has 0 radical (unpaired) electrons. The Morgan fingerprint density at radius 3 is 2.69 bits per heavy atom. The van der Waals surface area contributed by atoms with Crippen molar-refractivity contribution in [3.63, 3.8) is 0 Å². The van der Waals surface area contributed by atoms with Crippen LogP contribution >= 0.6 is 0 Å². The third-order valence-corrected chi connectivity index (χ3v) is 6.25. The molecule has 0 bridgehead atoms. The molecule has 1 aliphatic rings. The predicted molar refractivity (Wildman–Crippen MR) is 98.5 cm³/mol. The second-order valence-corrected chi connectivity index (χ2v) is 8.76. The Bertz CT molecular complexity index is 862. The molecule has 7 nitrogen and oxygen atoms in total. The average molecular weight is 377 g/mol. The van der Waals surface area contributed by atoms with Crippen molar-refractivity contribution in [3.05, 3.63) is 47.9 Å². The fourth-order valence-electron chi connectivity index (χ4n) is 2.95. The molecule has 1 atom stereocenters. The molecule has 1 fully saturated rings. The van der Waals surface area contributed by atoms with E-state index in [1.54, 1.807) is 30.3 Å². The number of rotatable bonds is 5. The summed E-state index contributed by atoms with van der Waals surface area (Å²) in [6, 6.07) is 10.4. The Labute approximate surface area is 153 Å². The van der Waals surface area contributed by atoms with Gasteiger partial charge in [0.05, 0.1) is 10.9 Å². The Morgan fingerprint density at radius 2 is 2.04 bits per heavy atom. The number of nitrogens with one attached hydrogen (secondary N) is 1. The number of para-hydroxylation sites is 1. The lowest BCUT2D eigenvalue weighted by atomic mass is 10.1. The standard InChI is InChI=1S/C18H23N3O4S/c1-13(2)16-11-17(25-19-16)18(22)21-10-6-9-15(12-21)26(23,24)20-14-7-4-3-5-8-14/h3-5,7-8,11,13,15,20H,6,9-10,12H2,1-2H3/t15-/m1/s1. The van der Waals surface area contributed by atoms with E-state index in [4.69, 9.17) is 4.52 Å². The number of anilines is 1. The van der Waals surface area contributed by atoms with E-state index >= 15 is 0 Å². The van der Waals surface area contributed by atoms with E-state index in [1.807, 2.05) is 19.9 Å². The fraction of sp³-hybridized carbons (Fsp3) is 0.444. The molecular weight excluding hydrogens is 354 g/mol. The topological polar surface area (TPSA) is 92.5 Å². The van der Waals surface area contributed by atoms with Crippen LogP contribution in [0.1, 0.15) is 48.9 Å². The summed E-state index contributed by atoms with van der Waals surface area (Å²) < 4.78 is 33.1. The zero-order chi connectivity index (χ0) is 18.7. The fourth-order valence-corrected chi connectivity index (χ4v) is 4.43. The molecule has 26 heavy (non-hydrogen) atoms. The zero-order valence-corrected chi connectivity index (χ0v) is 15.7. The van der Waals surface area contributed by atoms with E-state index in [0.29, 0.717) is 30.8 Å². The van der Waals surface area contributed by atoms with Gasteiger partial charge in [-0.1, -0.05) is 37.2 Å². The van der Waals surface area contributed by atoms with E-state index in [1.165, 1.54) is 4.90 Å². The summed E-state index contributed by atoms with van der Waals surface area (Å²) in [6.45, 7) is 4.57. The first kappa shape index (κ1) is 18.4. The molecule has 0 aliphatic carbocycles. The molecule has 1 N–H and O–H groups in total. The Balaban J connectivity index is 1.71. The second-order valence-electron chi connectivity index (χ2n) is 6.80. The highest BCUT2D eigenvalue weighted by Gasteiger charge is 2.34. The maximum atomic E-state index is 12.7. The average Bonchev–Trinajstić information content (AvgIpc) is 3.12. The van der Waals surface area contributed by atoms with Crippen molar-refractivity contribution in [3.8, 4) is 0 Å². The van der Waals surface area contributed by atoms with Crippen LogP contribution in [-0.4, -0.2) is 42.7 Å². The van der Waals surface area contributed by atoms with Gasteiger partial charge in [-0.15, -0.1) is 0 Å². The number of carbonyl (C=O) groups excluding carboxylic acids is 1. The van der Waals surface area contributed by atoms with Crippen LogP contribution in [0.2, 0.25) is 0 Å². The Kier molecular flexibility index (Phi) is 5.31. The minimum Gasteiger partial charge on any atom is -0.351 e. The number of aromatic nitrogens is 1. The molecule has 0 spiro atoms. The highest BCUT2D eigenvalue weighted by atomic mass is 32.2. The van der Waals surface area contributed by atoms with Crippen LogP contribution in [0.15, 0.2) is 40.9 Å². The van der Waals surface area contributed by atoms with Crippen molar-refractivity contribution < 1.29 is 17.7 Å². The van der Waals surface area contributed by atoms with Crippen LogP contribution in [0.4, 0.5) is 5.69 Å². The lowest BCUT2D eigenvalue weighted by Gasteiger charge is -2.31. The second kappa shape index (κ2) is 7.49. The Morgan fingerprint density at radius 1 is 1.31 bits per heavy atom. The third kappa shape index (κ3) is 4.07. The maximum Gasteiger partial charge on any atom is 0.292 e. The first-order valence-electron chi connectivity index (χ1n) is 8.69. The van der Waals surface area contributed by atoms with Crippen molar-refractivity contribution in [1.29, 1.82) is 0 Å².